The first-order chi connectivity index (χ1) is 18.8. The van der Waals surface area contributed by atoms with Crippen molar-refractivity contribution in [3.63, 3.8) is 0 Å². The minimum atomic E-state index is -0.629. The zero-order valence-corrected chi connectivity index (χ0v) is 21.9. The van der Waals surface area contributed by atoms with Gasteiger partial charge >= 0.3 is 0 Å². The van der Waals surface area contributed by atoms with Gasteiger partial charge in [-0.1, -0.05) is 23.2 Å². The van der Waals surface area contributed by atoms with Gasteiger partial charge in [-0.15, -0.1) is 5.10 Å². The van der Waals surface area contributed by atoms with Crippen LogP contribution >= 0.6 is 23.2 Å². The molecule has 4 aromatic rings. The summed E-state index contributed by atoms with van der Waals surface area (Å²) >= 11 is 12.6. The molecule has 198 valence electrons. The second-order valence-electron chi connectivity index (χ2n) is 9.26. The van der Waals surface area contributed by atoms with E-state index in [1.165, 1.54) is 36.3 Å². The molecular formula is C25H20Cl2FN9O2. The zero-order chi connectivity index (χ0) is 27.3. The minimum Gasteiger partial charge on any atom is -0.340 e. The molecule has 14 heteroatoms. The summed E-state index contributed by atoms with van der Waals surface area (Å²) in [7, 11) is 0. The summed E-state index contributed by atoms with van der Waals surface area (Å²) in [4.78, 5) is 38.6. The van der Waals surface area contributed by atoms with Crippen LogP contribution in [0.2, 0.25) is 10.0 Å². The fourth-order valence-corrected chi connectivity index (χ4v) is 5.67. The van der Waals surface area contributed by atoms with Crippen molar-refractivity contribution in [2.45, 2.75) is 38.3 Å². The number of pyridine rings is 1. The molecule has 2 N–H and O–H groups in total. The van der Waals surface area contributed by atoms with Crippen molar-refractivity contribution in [2.24, 2.45) is 0 Å². The Morgan fingerprint density at radius 1 is 1.21 bits per heavy atom. The van der Waals surface area contributed by atoms with E-state index in [0.29, 0.717) is 47.6 Å². The number of aromatic nitrogens is 7. The van der Waals surface area contributed by atoms with Gasteiger partial charge in [0.05, 0.1) is 33.7 Å². The molecule has 0 bridgehead atoms. The largest absolute Gasteiger partial charge is 0.340 e. The highest BCUT2D eigenvalue weighted by molar-refractivity contribution is 6.36. The zero-order valence-electron chi connectivity index (χ0n) is 20.4. The van der Waals surface area contributed by atoms with E-state index in [9.17, 15) is 9.59 Å². The van der Waals surface area contributed by atoms with E-state index in [1.54, 1.807) is 23.2 Å². The fraction of sp³-hybridized carbons (Fsp3) is 0.240. The van der Waals surface area contributed by atoms with Crippen molar-refractivity contribution < 1.29 is 14.0 Å². The highest BCUT2D eigenvalue weighted by Gasteiger charge is 2.42. The molecule has 2 amide bonds. The standard InChI is InChI=1S/C25H20Cl2FN9O2/c1-12(38)32-25-22(27)15(6-7-29-25)17-10-30-24(33-17)19-4-2-14-8-13(9-20(39)37(14)19)21-18(36-11-31-34-35-36)5-3-16(26)23(21)28/h3,5-7,9-11,14,19H,2,4,8H2,1H3,(H,30,33)(H,29,32,38)/t14-,19?/m1/s1. The van der Waals surface area contributed by atoms with Gasteiger partial charge in [0.25, 0.3) is 0 Å². The third kappa shape index (κ3) is 4.45. The minimum absolute atomic E-state index is 0.0542. The second kappa shape index (κ2) is 9.86. The van der Waals surface area contributed by atoms with Gasteiger partial charge in [-0.05, 0) is 53.5 Å². The predicted octanol–water partition coefficient (Wildman–Crippen LogP) is 4.37. The van der Waals surface area contributed by atoms with Crippen molar-refractivity contribution in [3.05, 3.63) is 70.2 Å². The Morgan fingerprint density at radius 3 is 2.82 bits per heavy atom. The van der Waals surface area contributed by atoms with Crippen molar-refractivity contribution in [2.75, 3.05) is 5.32 Å². The van der Waals surface area contributed by atoms with Crippen LogP contribution in [0.1, 0.15) is 43.6 Å². The van der Waals surface area contributed by atoms with Gasteiger partial charge in [0, 0.05) is 36.4 Å². The van der Waals surface area contributed by atoms with Crippen LogP contribution in [0.5, 0.6) is 0 Å². The molecule has 5 heterocycles. The number of rotatable bonds is 5. The van der Waals surface area contributed by atoms with Crippen molar-refractivity contribution in [3.8, 4) is 16.9 Å². The average Bonchev–Trinajstić information content (AvgIpc) is 3.67. The second-order valence-corrected chi connectivity index (χ2v) is 10.0. The maximum atomic E-state index is 15.3. The van der Waals surface area contributed by atoms with E-state index in [-0.39, 0.29) is 45.3 Å². The first-order valence-corrected chi connectivity index (χ1v) is 12.8. The number of imidazole rings is 1. The Balaban J connectivity index is 1.31. The quantitative estimate of drug-likeness (QED) is 0.365. The first kappa shape index (κ1) is 25.1. The number of aromatic amines is 1. The number of anilines is 1. The SMILES string of the molecule is CC(=O)Nc1nccc(-c2cnc(C3CC[C@@H]4CC(c5c(-n6cnnn6)ccc(Cl)c5F)=CC(=O)N34)[nH]2)c1Cl. The van der Waals surface area contributed by atoms with Gasteiger partial charge in [0.1, 0.15) is 12.2 Å². The molecule has 0 aliphatic carbocycles. The van der Waals surface area contributed by atoms with E-state index >= 15 is 4.39 Å². The van der Waals surface area contributed by atoms with E-state index in [0.717, 1.165) is 0 Å². The topological polar surface area (TPSA) is 135 Å². The molecular weight excluding hydrogens is 548 g/mol. The number of hydrogen-bond donors (Lipinski definition) is 2. The highest BCUT2D eigenvalue weighted by atomic mass is 35.5. The molecule has 3 aromatic heterocycles. The Bertz CT molecular complexity index is 1640. The molecule has 1 fully saturated rings. The van der Waals surface area contributed by atoms with Gasteiger partial charge < -0.3 is 15.2 Å². The summed E-state index contributed by atoms with van der Waals surface area (Å²) in [5, 5.41) is 14.0. The predicted molar refractivity (Wildman–Crippen MR) is 140 cm³/mol. The van der Waals surface area contributed by atoms with Gasteiger partial charge in [0.2, 0.25) is 11.8 Å². The van der Waals surface area contributed by atoms with Crippen molar-refractivity contribution in [1.82, 2.24) is 40.1 Å². The Hall–Kier alpha value is -4.16. The summed E-state index contributed by atoms with van der Waals surface area (Å²) in [6, 6.07) is 4.31. The van der Waals surface area contributed by atoms with E-state index in [1.807, 2.05) is 0 Å². The number of halogens is 3. The third-order valence-electron chi connectivity index (χ3n) is 6.88. The monoisotopic (exact) mass is 567 g/mol. The van der Waals surface area contributed by atoms with E-state index in [4.69, 9.17) is 23.2 Å². The number of nitrogens with one attached hydrogen (secondary N) is 2. The number of H-pyrrole nitrogens is 1. The summed E-state index contributed by atoms with van der Waals surface area (Å²) in [6.07, 6.45) is 7.78. The molecule has 2 atom stereocenters. The third-order valence-corrected chi connectivity index (χ3v) is 7.56. The number of amides is 2. The lowest BCUT2D eigenvalue weighted by atomic mass is 9.92. The van der Waals surface area contributed by atoms with Crippen LogP contribution in [0.15, 0.2) is 43.0 Å². The Morgan fingerprint density at radius 2 is 2.05 bits per heavy atom. The van der Waals surface area contributed by atoms with Gasteiger partial charge in [-0.2, -0.15) is 4.68 Å². The molecule has 0 radical (unpaired) electrons. The van der Waals surface area contributed by atoms with Crippen molar-refractivity contribution in [1.29, 1.82) is 0 Å². The van der Waals surface area contributed by atoms with Gasteiger partial charge in [-0.25, -0.2) is 14.4 Å². The molecule has 2 aliphatic heterocycles. The lowest BCUT2D eigenvalue weighted by Crippen LogP contribution is -2.39. The Kier molecular flexibility index (Phi) is 6.35. The molecule has 1 unspecified atom stereocenters. The van der Waals surface area contributed by atoms with Crippen LogP contribution in [0.4, 0.5) is 10.2 Å². The van der Waals surface area contributed by atoms with Crippen LogP contribution in [-0.4, -0.2) is 57.9 Å². The maximum Gasteiger partial charge on any atom is 0.247 e. The van der Waals surface area contributed by atoms with E-state index in [2.05, 4.69) is 35.8 Å². The lowest BCUT2D eigenvalue weighted by molar-refractivity contribution is -0.129. The molecule has 11 nitrogen and oxygen atoms in total. The number of hydrogen-bond acceptors (Lipinski definition) is 7. The smallest absolute Gasteiger partial charge is 0.247 e. The molecule has 39 heavy (non-hydrogen) atoms. The summed E-state index contributed by atoms with van der Waals surface area (Å²) in [6.45, 7) is 1.37. The van der Waals surface area contributed by atoms with Gasteiger partial charge in [-0.3, -0.25) is 9.59 Å². The lowest BCUT2D eigenvalue weighted by Gasteiger charge is -2.33. The van der Waals surface area contributed by atoms with E-state index < -0.39 is 5.82 Å². The number of benzene rings is 1. The van der Waals surface area contributed by atoms with Crippen LogP contribution in [0.25, 0.3) is 22.5 Å². The number of nitrogens with zero attached hydrogens (tertiary/aromatic N) is 7. The number of fused-ring (bicyclic) bond motifs is 1. The normalized spacial score (nSPS) is 18.7. The molecule has 0 spiro atoms. The highest BCUT2D eigenvalue weighted by Crippen LogP contribution is 2.44. The summed E-state index contributed by atoms with van der Waals surface area (Å²) < 4.78 is 16.7. The van der Waals surface area contributed by atoms with Gasteiger partial charge in [0.15, 0.2) is 11.6 Å². The first-order valence-electron chi connectivity index (χ1n) is 12.0. The number of tetrazole rings is 1. The Labute approximate surface area is 231 Å². The molecule has 6 rings (SSSR count). The van der Waals surface area contributed by atoms with Crippen LogP contribution in [0, 0.1) is 5.82 Å². The van der Waals surface area contributed by atoms with Crippen LogP contribution in [-0.2, 0) is 9.59 Å². The maximum absolute atomic E-state index is 15.3. The van der Waals surface area contributed by atoms with Crippen LogP contribution < -0.4 is 5.32 Å². The van der Waals surface area contributed by atoms with Crippen molar-refractivity contribution >= 4 is 46.4 Å². The van der Waals surface area contributed by atoms with Crippen LogP contribution in [0.3, 0.4) is 0 Å². The molecule has 2 aliphatic rings. The summed E-state index contributed by atoms with van der Waals surface area (Å²) in [5.41, 5.74) is 2.37. The average molecular weight is 568 g/mol. The summed E-state index contributed by atoms with van der Waals surface area (Å²) in [5.74, 6) is -0.316. The number of carbonyl (C=O) groups is 2. The fourth-order valence-electron chi connectivity index (χ4n) is 5.25. The molecule has 0 saturated carbocycles. The molecule has 1 aromatic carbocycles. The number of carbonyl (C=O) groups excluding carboxylic acids is 2. The molecule has 1 saturated heterocycles.